The van der Waals surface area contributed by atoms with E-state index in [1.165, 1.54) is 4.90 Å². The maximum Gasteiger partial charge on any atom is 0.417 e. The number of hydrogen-bond acceptors (Lipinski definition) is 5. The summed E-state index contributed by atoms with van der Waals surface area (Å²) < 4.78 is 37.9. The van der Waals surface area contributed by atoms with Crippen molar-refractivity contribution in [3.63, 3.8) is 0 Å². The Bertz CT molecular complexity index is 477. The Labute approximate surface area is 116 Å². The summed E-state index contributed by atoms with van der Waals surface area (Å²) in [5.41, 5.74) is -2.67. The zero-order valence-electron chi connectivity index (χ0n) is 9.45. The number of hydrogen-bond donors (Lipinski definition) is 1. The van der Waals surface area contributed by atoms with Crippen LogP contribution in [0.15, 0.2) is 0 Å². The third-order valence-corrected chi connectivity index (χ3v) is 3.43. The predicted octanol–water partition coefficient (Wildman–Crippen LogP) is 2.07. The fourth-order valence-electron chi connectivity index (χ4n) is 1.86. The summed E-state index contributed by atoms with van der Waals surface area (Å²) in [6.07, 6.45) is -5.58. The van der Waals surface area contributed by atoms with E-state index in [2.05, 4.69) is 15.2 Å². The van der Waals surface area contributed by atoms with Gasteiger partial charge in [-0.3, -0.25) is 0 Å². The van der Waals surface area contributed by atoms with Crippen LogP contribution in [-0.2, 0) is 0 Å². The molecule has 1 fully saturated rings. The van der Waals surface area contributed by atoms with Crippen molar-refractivity contribution in [1.82, 2.24) is 15.2 Å². The Morgan fingerprint density at radius 2 is 1.74 bits per heavy atom. The Morgan fingerprint density at radius 3 is 2.26 bits per heavy atom. The maximum atomic E-state index is 12.6. The van der Waals surface area contributed by atoms with Crippen LogP contribution >= 0.6 is 23.2 Å². The first kappa shape index (κ1) is 14.5. The Kier molecular flexibility index (Phi) is 3.76. The molecule has 1 saturated heterocycles. The lowest BCUT2D eigenvalue weighted by molar-refractivity contribution is -0.266. The fraction of sp³-hybridized carbons (Fsp3) is 0.667. The fourth-order valence-corrected chi connectivity index (χ4v) is 2.18. The van der Waals surface area contributed by atoms with Crippen LogP contribution in [0.2, 0.25) is 10.4 Å². The number of aromatic nitrogens is 3. The van der Waals surface area contributed by atoms with Gasteiger partial charge in [-0.1, -0.05) is 11.6 Å². The first-order valence-electron chi connectivity index (χ1n) is 5.33. The first-order chi connectivity index (χ1) is 8.73. The highest BCUT2D eigenvalue weighted by atomic mass is 35.5. The van der Waals surface area contributed by atoms with Crippen LogP contribution in [0, 0.1) is 0 Å². The van der Waals surface area contributed by atoms with Gasteiger partial charge in [-0.2, -0.15) is 18.2 Å². The molecule has 2 rings (SSSR count). The number of halogens is 5. The molecule has 1 N–H and O–H groups in total. The standard InChI is InChI=1S/C9H9Cl2F3N4O/c10-5-6(15-7(11)17-16-5)18-3-1-8(19,2-4-18)9(12,13)14/h19H,1-4H2. The molecule has 0 atom stereocenters. The lowest BCUT2D eigenvalue weighted by atomic mass is 9.91. The van der Waals surface area contributed by atoms with Gasteiger partial charge in [0.25, 0.3) is 0 Å². The van der Waals surface area contributed by atoms with E-state index in [1.54, 1.807) is 0 Å². The summed E-state index contributed by atoms with van der Waals surface area (Å²) >= 11 is 11.3. The Balaban J connectivity index is 2.14. The van der Waals surface area contributed by atoms with Gasteiger partial charge in [-0.05, 0) is 11.6 Å². The van der Waals surface area contributed by atoms with Crippen molar-refractivity contribution in [1.29, 1.82) is 0 Å². The normalized spacial score (nSPS) is 19.6. The maximum absolute atomic E-state index is 12.6. The Hall–Kier alpha value is -0.860. The van der Waals surface area contributed by atoms with E-state index < -0.39 is 24.6 Å². The molecule has 2 heterocycles. The van der Waals surface area contributed by atoms with Gasteiger partial charge in [0.05, 0.1) is 0 Å². The molecule has 5 nitrogen and oxygen atoms in total. The van der Waals surface area contributed by atoms with Gasteiger partial charge in [-0.15, -0.1) is 10.2 Å². The van der Waals surface area contributed by atoms with Crippen LogP contribution in [-0.4, -0.2) is 45.2 Å². The molecule has 0 saturated carbocycles. The summed E-state index contributed by atoms with van der Waals surface area (Å²) in [6.45, 7) is -0.102. The van der Waals surface area contributed by atoms with Crippen LogP contribution in [0.1, 0.15) is 12.8 Å². The van der Waals surface area contributed by atoms with Crippen molar-refractivity contribution in [2.24, 2.45) is 0 Å². The average molecular weight is 317 g/mol. The third-order valence-electron chi connectivity index (χ3n) is 3.02. The number of aliphatic hydroxyl groups is 1. The van der Waals surface area contributed by atoms with Gasteiger partial charge in [0.2, 0.25) is 5.28 Å². The topological polar surface area (TPSA) is 62.1 Å². The number of anilines is 1. The zero-order valence-corrected chi connectivity index (χ0v) is 11.0. The average Bonchev–Trinajstić information content (AvgIpc) is 2.32. The van der Waals surface area contributed by atoms with Crippen molar-refractivity contribution in [3.05, 3.63) is 10.4 Å². The van der Waals surface area contributed by atoms with Gasteiger partial charge < -0.3 is 10.0 Å². The molecule has 1 aromatic heterocycles. The molecule has 0 spiro atoms. The smallest absolute Gasteiger partial charge is 0.380 e. The lowest BCUT2D eigenvalue weighted by Crippen LogP contribution is -2.53. The highest BCUT2D eigenvalue weighted by molar-refractivity contribution is 6.32. The minimum absolute atomic E-state index is 0.0400. The molecule has 10 heteroatoms. The van der Waals surface area contributed by atoms with Gasteiger partial charge >= 0.3 is 6.18 Å². The van der Waals surface area contributed by atoms with Crippen LogP contribution < -0.4 is 4.90 Å². The second-order valence-corrected chi connectivity index (χ2v) is 4.91. The quantitative estimate of drug-likeness (QED) is 0.859. The molecule has 1 aromatic rings. The number of alkyl halides is 3. The molecule has 1 aliphatic rings. The molecular weight excluding hydrogens is 308 g/mol. The molecule has 19 heavy (non-hydrogen) atoms. The van der Waals surface area contributed by atoms with E-state index in [4.69, 9.17) is 23.2 Å². The highest BCUT2D eigenvalue weighted by Crippen LogP contribution is 2.39. The monoisotopic (exact) mass is 316 g/mol. The van der Waals surface area contributed by atoms with Crippen molar-refractivity contribution in [2.75, 3.05) is 18.0 Å². The molecule has 0 unspecified atom stereocenters. The van der Waals surface area contributed by atoms with E-state index in [1.807, 2.05) is 0 Å². The van der Waals surface area contributed by atoms with Crippen LogP contribution in [0.3, 0.4) is 0 Å². The summed E-state index contributed by atoms with van der Waals surface area (Å²) in [5, 5.41) is 16.3. The van der Waals surface area contributed by atoms with E-state index in [0.717, 1.165) is 0 Å². The predicted molar refractivity (Wildman–Crippen MR) is 62.3 cm³/mol. The van der Waals surface area contributed by atoms with Crippen LogP contribution in [0.25, 0.3) is 0 Å². The number of rotatable bonds is 1. The lowest BCUT2D eigenvalue weighted by Gasteiger charge is -2.39. The number of piperidine rings is 1. The van der Waals surface area contributed by atoms with Gasteiger partial charge in [0.15, 0.2) is 16.6 Å². The van der Waals surface area contributed by atoms with Crippen molar-refractivity contribution in [3.8, 4) is 0 Å². The van der Waals surface area contributed by atoms with Crippen molar-refractivity contribution < 1.29 is 18.3 Å². The van der Waals surface area contributed by atoms with Gasteiger partial charge in [0, 0.05) is 25.9 Å². The molecular formula is C9H9Cl2F3N4O. The van der Waals surface area contributed by atoms with E-state index in [0.29, 0.717) is 0 Å². The van der Waals surface area contributed by atoms with E-state index in [9.17, 15) is 18.3 Å². The third kappa shape index (κ3) is 2.85. The largest absolute Gasteiger partial charge is 0.417 e. The second-order valence-electron chi connectivity index (χ2n) is 4.21. The van der Waals surface area contributed by atoms with E-state index >= 15 is 0 Å². The summed E-state index contributed by atoms with van der Waals surface area (Å²) in [6, 6.07) is 0. The second kappa shape index (κ2) is 4.92. The Morgan fingerprint density at radius 1 is 1.16 bits per heavy atom. The van der Waals surface area contributed by atoms with Crippen molar-refractivity contribution in [2.45, 2.75) is 24.6 Å². The molecule has 0 aromatic carbocycles. The number of nitrogens with zero attached hydrogens (tertiary/aromatic N) is 4. The van der Waals surface area contributed by atoms with Crippen LogP contribution in [0.5, 0.6) is 0 Å². The SMILES string of the molecule is OC1(C(F)(F)F)CCN(c2nc(Cl)nnc2Cl)CC1. The highest BCUT2D eigenvalue weighted by Gasteiger charge is 2.54. The van der Waals surface area contributed by atoms with E-state index in [-0.39, 0.29) is 29.3 Å². The molecule has 0 radical (unpaired) electrons. The minimum Gasteiger partial charge on any atom is -0.380 e. The molecule has 1 aliphatic heterocycles. The first-order valence-corrected chi connectivity index (χ1v) is 6.08. The molecule has 106 valence electrons. The summed E-state index contributed by atoms with van der Waals surface area (Å²) in [5.74, 6) is 0.172. The van der Waals surface area contributed by atoms with Crippen molar-refractivity contribution >= 4 is 29.0 Å². The van der Waals surface area contributed by atoms with Crippen LogP contribution in [0.4, 0.5) is 19.0 Å². The summed E-state index contributed by atoms with van der Waals surface area (Å²) in [4.78, 5) is 5.32. The summed E-state index contributed by atoms with van der Waals surface area (Å²) in [7, 11) is 0. The molecule has 0 aliphatic carbocycles. The van der Waals surface area contributed by atoms with Gasteiger partial charge in [0.1, 0.15) is 0 Å². The molecule has 0 amide bonds. The van der Waals surface area contributed by atoms with Gasteiger partial charge in [-0.25, -0.2) is 0 Å². The minimum atomic E-state index is -4.65. The zero-order chi connectivity index (χ0) is 14.3. The molecule has 0 bridgehead atoms.